The lowest BCUT2D eigenvalue weighted by Crippen LogP contribution is -1.95. The van der Waals surface area contributed by atoms with Crippen LogP contribution in [0, 0.1) is 0 Å². The summed E-state index contributed by atoms with van der Waals surface area (Å²) in [6, 6.07) is 10.0. The molecule has 2 aromatic rings. The molecule has 0 amide bonds. The van der Waals surface area contributed by atoms with Crippen molar-refractivity contribution >= 4 is 0 Å². The zero-order valence-electron chi connectivity index (χ0n) is 8.22. The Morgan fingerprint density at radius 1 is 1.21 bits per heavy atom. The van der Waals surface area contributed by atoms with Crippen LogP contribution in [0.15, 0.2) is 36.7 Å². The van der Waals surface area contributed by atoms with Gasteiger partial charge < -0.3 is 0 Å². The van der Waals surface area contributed by atoms with E-state index in [2.05, 4.69) is 17.0 Å². The number of rotatable bonds is 3. The minimum atomic E-state index is 0.913. The number of aromatic nitrogens is 3. The van der Waals surface area contributed by atoms with E-state index in [0.29, 0.717) is 0 Å². The van der Waals surface area contributed by atoms with Gasteiger partial charge in [-0.3, -0.25) is 0 Å². The van der Waals surface area contributed by atoms with Gasteiger partial charge in [-0.1, -0.05) is 25.1 Å². The van der Waals surface area contributed by atoms with Crippen LogP contribution in [0.4, 0.5) is 0 Å². The Kier molecular flexibility index (Phi) is 2.58. The molecule has 0 aliphatic heterocycles. The van der Waals surface area contributed by atoms with Gasteiger partial charge in [0.15, 0.2) is 5.82 Å². The molecule has 0 bridgehead atoms. The summed E-state index contributed by atoms with van der Waals surface area (Å²) in [5.74, 6) is 0.913. The number of benzene rings is 1. The fourth-order valence-corrected chi connectivity index (χ4v) is 1.34. The van der Waals surface area contributed by atoms with Gasteiger partial charge in [0.05, 0.1) is 5.69 Å². The lowest BCUT2D eigenvalue weighted by molar-refractivity contribution is 0.799. The highest BCUT2D eigenvalue weighted by Crippen LogP contribution is 2.05. The quantitative estimate of drug-likeness (QED) is 0.737. The topological polar surface area (TPSA) is 30.7 Å². The van der Waals surface area contributed by atoms with Crippen molar-refractivity contribution in [3.63, 3.8) is 0 Å². The molecule has 14 heavy (non-hydrogen) atoms. The first kappa shape index (κ1) is 8.94. The number of para-hydroxylation sites is 1. The zero-order valence-corrected chi connectivity index (χ0v) is 8.22. The molecule has 0 radical (unpaired) electrons. The predicted octanol–water partition coefficient (Wildman–Crippen LogP) is 2.22. The Morgan fingerprint density at radius 2 is 2.00 bits per heavy atom. The highest BCUT2D eigenvalue weighted by Gasteiger charge is 2.00. The fourth-order valence-electron chi connectivity index (χ4n) is 1.34. The normalized spacial score (nSPS) is 10.4. The van der Waals surface area contributed by atoms with Gasteiger partial charge in [-0.25, -0.2) is 9.67 Å². The van der Waals surface area contributed by atoms with Gasteiger partial charge in [-0.05, 0) is 18.6 Å². The number of hydrogen-bond donors (Lipinski definition) is 0. The molecule has 72 valence electrons. The second-order valence-electron chi connectivity index (χ2n) is 3.19. The summed E-state index contributed by atoms with van der Waals surface area (Å²) >= 11 is 0. The van der Waals surface area contributed by atoms with Crippen molar-refractivity contribution in [3.8, 4) is 5.69 Å². The van der Waals surface area contributed by atoms with Crippen LogP contribution < -0.4 is 0 Å². The maximum absolute atomic E-state index is 4.38. The maximum Gasteiger partial charge on any atom is 0.151 e. The summed E-state index contributed by atoms with van der Waals surface area (Å²) in [6.07, 6.45) is 3.79. The zero-order chi connectivity index (χ0) is 9.80. The molecule has 0 aliphatic rings. The third-order valence-corrected chi connectivity index (χ3v) is 2.03. The summed E-state index contributed by atoms with van der Waals surface area (Å²) in [5.41, 5.74) is 1.06. The summed E-state index contributed by atoms with van der Waals surface area (Å²) < 4.78 is 1.81. The highest BCUT2D eigenvalue weighted by atomic mass is 15.3. The Morgan fingerprint density at radius 3 is 2.71 bits per heavy atom. The van der Waals surface area contributed by atoms with Crippen LogP contribution in [-0.4, -0.2) is 14.8 Å². The Labute approximate surface area is 83.4 Å². The third-order valence-electron chi connectivity index (χ3n) is 2.03. The molecule has 0 aliphatic carbocycles. The Hall–Kier alpha value is -1.64. The molecule has 0 atom stereocenters. The lowest BCUT2D eigenvalue weighted by Gasteiger charge is -1.97. The van der Waals surface area contributed by atoms with E-state index in [1.165, 1.54) is 0 Å². The van der Waals surface area contributed by atoms with Gasteiger partial charge in [0, 0.05) is 6.42 Å². The van der Waals surface area contributed by atoms with E-state index in [1.54, 1.807) is 6.33 Å². The summed E-state index contributed by atoms with van der Waals surface area (Å²) in [4.78, 5) is 4.23. The van der Waals surface area contributed by atoms with E-state index in [-0.39, 0.29) is 0 Å². The summed E-state index contributed by atoms with van der Waals surface area (Å²) in [6.45, 7) is 2.13. The van der Waals surface area contributed by atoms with Crippen LogP contribution in [-0.2, 0) is 6.42 Å². The molecular formula is C11H13N3. The van der Waals surface area contributed by atoms with E-state index < -0.39 is 0 Å². The van der Waals surface area contributed by atoms with Crippen molar-refractivity contribution in [2.75, 3.05) is 0 Å². The van der Waals surface area contributed by atoms with E-state index in [0.717, 1.165) is 24.4 Å². The predicted molar refractivity (Wildman–Crippen MR) is 55.4 cm³/mol. The van der Waals surface area contributed by atoms with Crippen LogP contribution in [0.3, 0.4) is 0 Å². The summed E-state index contributed by atoms with van der Waals surface area (Å²) in [5, 5.41) is 4.38. The van der Waals surface area contributed by atoms with Gasteiger partial charge in [0.1, 0.15) is 6.33 Å². The van der Waals surface area contributed by atoms with Crippen LogP contribution in [0.5, 0.6) is 0 Å². The van der Waals surface area contributed by atoms with Gasteiger partial charge >= 0.3 is 0 Å². The second-order valence-corrected chi connectivity index (χ2v) is 3.19. The van der Waals surface area contributed by atoms with Crippen LogP contribution in [0.1, 0.15) is 19.2 Å². The highest BCUT2D eigenvalue weighted by molar-refractivity contribution is 5.29. The van der Waals surface area contributed by atoms with Crippen LogP contribution in [0.2, 0.25) is 0 Å². The number of aryl methyl sites for hydroxylation is 1. The van der Waals surface area contributed by atoms with Gasteiger partial charge in [0.25, 0.3) is 0 Å². The van der Waals surface area contributed by atoms with Gasteiger partial charge in [-0.15, -0.1) is 0 Å². The smallest absolute Gasteiger partial charge is 0.151 e. The van der Waals surface area contributed by atoms with Crippen molar-refractivity contribution in [1.82, 2.24) is 14.8 Å². The second kappa shape index (κ2) is 4.05. The first-order chi connectivity index (χ1) is 6.90. The Balaban J connectivity index is 2.25. The molecule has 0 spiro atoms. The minimum absolute atomic E-state index is 0.913. The Bertz CT molecular complexity index is 392. The molecule has 0 unspecified atom stereocenters. The largest absolute Gasteiger partial charge is 0.221 e. The van der Waals surface area contributed by atoms with Gasteiger partial charge in [-0.2, -0.15) is 5.10 Å². The molecule has 2 rings (SSSR count). The molecule has 3 nitrogen and oxygen atoms in total. The van der Waals surface area contributed by atoms with E-state index in [9.17, 15) is 0 Å². The maximum atomic E-state index is 4.38. The van der Waals surface area contributed by atoms with Crippen LogP contribution >= 0.6 is 0 Å². The van der Waals surface area contributed by atoms with Crippen molar-refractivity contribution in [3.05, 3.63) is 42.5 Å². The number of hydrogen-bond acceptors (Lipinski definition) is 2. The first-order valence-corrected chi connectivity index (χ1v) is 4.86. The molecular weight excluding hydrogens is 174 g/mol. The van der Waals surface area contributed by atoms with Crippen molar-refractivity contribution < 1.29 is 0 Å². The van der Waals surface area contributed by atoms with Crippen molar-refractivity contribution in [1.29, 1.82) is 0 Å². The molecule has 3 heteroatoms. The SMILES string of the molecule is CCCc1ncn(-c2ccccc2)n1. The summed E-state index contributed by atoms with van der Waals surface area (Å²) in [7, 11) is 0. The monoisotopic (exact) mass is 187 g/mol. The van der Waals surface area contributed by atoms with E-state index in [1.807, 2.05) is 35.0 Å². The molecule has 0 fully saturated rings. The third kappa shape index (κ3) is 1.82. The number of nitrogens with zero attached hydrogens (tertiary/aromatic N) is 3. The molecule has 0 saturated carbocycles. The lowest BCUT2D eigenvalue weighted by atomic mass is 10.3. The molecule has 1 aromatic heterocycles. The van der Waals surface area contributed by atoms with Crippen LogP contribution in [0.25, 0.3) is 5.69 Å². The van der Waals surface area contributed by atoms with Gasteiger partial charge in [0.2, 0.25) is 0 Å². The molecule has 1 heterocycles. The molecule has 1 aromatic carbocycles. The van der Waals surface area contributed by atoms with E-state index >= 15 is 0 Å². The first-order valence-electron chi connectivity index (χ1n) is 4.86. The average molecular weight is 187 g/mol. The standard InChI is InChI=1S/C11H13N3/c1-2-6-11-12-9-14(13-11)10-7-4-3-5-8-10/h3-5,7-9H,2,6H2,1H3. The minimum Gasteiger partial charge on any atom is -0.221 e. The van der Waals surface area contributed by atoms with Crippen molar-refractivity contribution in [2.24, 2.45) is 0 Å². The molecule has 0 saturated heterocycles. The molecule has 0 N–H and O–H groups in total. The van der Waals surface area contributed by atoms with Crippen molar-refractivity contribution in [2.45, 2.75) is 19.8 Å². The van der Waals surface area contributed by atoms with E-state index in [4.69, 9.17) is 0 Å². The fraction of sp³-hybridized carbons (Fsp3) is 0.273. The average Bonchev–Trinajstić information content (AvgIpc) is 2.68.